The van der Waals surface area contributed by atoms with Crippen molar-refractivity contribution in [3.05, 3.63) is 107 Å². The third kappa shape index (κ3) is 3.70. The first-order valence-corrected chi connectivity index (χ1v) is 11.5. The van der Waals surface area contributed by atoms with Crippen LogP contribution in [0.1, 0.15) is 45.9 Å². The van der Waals surface area contributed by atoms with Gasteiger partial charge in [-0.25, -0.2) is 4.98 Å². The average molecular weight is 454 g/mol. The molecule has 1 aliphatic heterocycles. The SMILES string of the molecule is Cc1ccc(N2C(=S)N[C@H](c3ccccn3)[C@@H]2c2cc(C)n(-c3ccccn3)c2C)cc1C. The smallest absolute Gasteiger partial charge is 0.174 e. The molecule has 1 aliphatic rings. The molecule has 4 aromatic rings. The molecule has 0 bridgehead atoms. The monoisotopic (exact) mass is 453 g/mol. The number of anilines is 1. The molecular formula is C27H27N5S. The normalized spacial score (nSPS) is 17.9. The van der Waals surface area contributed by atoms with Gasteiger partial charge in [0.15, 0.2) is 5.11 Å². The summed E-state index contributed by atoms with van der Waals surface area (Å²) in [6, 6.07) is 20.7. The van der Waals surface area contributed by atoms with Gasteiger partial charge in [-0.15, -0.1) is 0 Å². The zero-order chi connectivity index (χ0) is 23.1. The topological polar surface area (TPSA) is 46.0 Å². The maximum atomic E-state index is 5.90. The highest BCUT2D eigenvalue weighted by molar-refractivity contribution is 7.80. The fraction of sp³-hybridized carbons (Fsp3) is 0.222. The standard InChI is InChI=1S/C27H27N5S/c1-17-11-12-21(15-18(17)2)32-26(25(30-27(32)33)23-9-5-7-13-28-23)22-16-19(3)31(20(22)4)24-10-6-8-14-29-24/h5-16,25-26H,1-4H3,(H,30,33)/t25-,26+/m1/s1. The number of pyridine rings is 2. The Hall–Kier alpha value is -3.51. The van der Waals surface area contributed by atoms with Crippen LogP contribution in [0.2, 0.25) is 0 Å². The lowest BCUT2D eigenvalue weighted by Gasteiger charge is -2.28. The van der Waals surface area contributed by atoms with Crippen molar-refractivity contribution in [2.24, 2.45) is 0 Å². The van der Waals surface area contributed by atoms with Crippen LogP contribution in [0.5, 0.6) is 0 Å². The van der Waals surface area contributed by atoms with Gasteiger partial charge in [0.05, 0.1) is 17.8 Å². The van der Waals surface area contributed by atoms with Gasteiger partial charge >= 0.3 is 0 Å². The highest BCUT2D eigenvalue weighted by atomic mass is 32.1. The number of hydrogen-bond acceptors (Lipinski definition) is 3. The molecule has 4 heterocycles. The number of nitrogens with one attached hydrogen (secondary N) is 1. The molecule has 1 fully saturated rings. The second-order valence-corrected chi connectivity index (χ2v) is 9.00. The van der Waals surface area contributed by atoms with Crippen LogP contribution >= 0.6 is 12.2 Å². The van der Waals surface area contributed by atoms with Gasteiger partial charge in [-0.2, -0.15) is 0 Å². The molecule has 0 unspecified atom stereocenters. The summed E-state index contributed by atoms with van der Waals surface area (Å²) in [5.41, 5.74) is 8.06. The quantitative estimate of drug-likeness (QED) is 0.403. The van der Waals surface area contributed by atoms with Crippen molar-refractivity contribution >= 4 is 23.0 Å². The number of aryl methyl sites for hydroxylation is 3. The van der Waals surface area contributed by atoms with Crippen molar-refractivity contribution < 1.29 is 0 Å². The Kier molecular flexibility index (Phi) is 5.46. The molecule has 1 aromatic carbocycles. The zero-order valence-electron chi connectivity index (χ0n) is 19.3. The molecule has 3 aromatic heterocycles. The van der Waals surface area contributed by atoms with Crippen LogP contribution in [0.25, 0.3) is 5.82 Å². The number of hydrogen-bond donors (Lipinski definition) is 1. The van der Waals surface area contributed by atoms with E-state index >= 15 is 0 Å². The van der Waals surface area contributed by atoms with Gasteiger partial charge in [0.2, 0.25) is 0 Å². The van der Waals surface area contributed by atoms with E-state index in [2.05, 4.69) is 82.8 Å². The van der Waals surface area contributed by atoms with E-state index in [4.69, 9.17) is 12.2 Å². The van der Waals surface area contributed by atoms with Gasteiger partial charge in [-0.3, -0.25) is 4.98 Å². The molecule has 5 nitrogen and oxygen atoms in total. The van der Waals surface area contributed by atoms with Gasteiger partial charge in [-0.05, 0) is 99.1 Å². The van der Waals surface area contributed by atoms with Crippen LogP contribution < -0.4 is 10.2 Å². The molecule has 2 atom stereocenters. The van der Waals surface area contributed by atoms with Gasteiger partial charge in [-0.1, -0.05) is 18.2 Å². The second kappa shape index (κ2) is 8.45. The lowest BCUT2D eigenvalue weighted by molar-refractivity contribution is 0.565. The number of aromatic nitrogens is 3. The Morgan fingerprint density at radius 3 is 2.27 bits per heavy atom. The van der Waals surface area contributed by atoms with E-state index in [1.165, 1.54) is 16.7 Å². The van der Waals surface area contributed by atoms with Crippen molar-refractivity contribution in [2.75, 3.05) is 4.90 Å². The van der Waals surface area contributed by atoms with E-state index in [1.807, 2.05) is 42.7 Å². The summed E-state index contributed by atoms with van der Waals surface area (Å²) in [4.78, 5) is 11.5. The number of thiocarbonyl (C=S) groups is 1. The summed E-state index contributed by atoms with van der Waals surface area (Å²) in [6.45, 7) is 8.56. The third-order valence-corrected chi connectivity index (χ3v) is 6.85. The molecular weight excluding hydrogens is 426 g/mol. The Balaban J connectivity index is 1.69. The van der Waals surface area contributed by atoms with Crippen LogP contribution in [0, 0.1) is 27.7 Å². The minimum absolute atomic E-state index is 0.0434. The van der Waals surface area contributed by atoms with Crippen LogP contribution in [0.15, 0.2) is 73.1 Å². The van der Waals surface area contributed by atoms with E-state index in [0.29, 0.717) is 5.11 Å². The van der Waals surface area contributed by atoms with Crippen molar-refractivity contribution in [2.45, 2.75) is 39.8 Å². The molecule has 6 heteroatoms. The predicted octanol–water partition coefficient (Wildman–Crippen LogP) is 5.68. The van der Waals surface area contributed by atoms with E-state index < -0.39 is 0 Å². The molecule has 1 saturated heterocycles. The first-order chi connectivity index (χ1) is 16.0. The van der Waals surface area contributed by atoms with Gasteiger partial charge < -0.3 is 14.8 Å². The summed E-state index contributed by atoms with van der Waals surface area (Å²) in [6.07, 6.45) is 3.67. The fourth-order valence-electron chi connectivity index (χ4n) is 4.75. The average Bonchev–Trinajstić information content (AvgIpc) is 3.32. The maximum absolute atomic E-state index is 5.90. The fourth-order valence-corrected chi connectivity index (χ4v) is 5.10. The maximum Gasteiger partial charge on any atom is 0.174 e. The summed E-state index contributed by atoms with van der Waals surface area (Å²) in [5, 5.41) is 4.28. The van der Waals surface area contributed by atoms with Crippen molar-refractivity contribution in [1.29, 1.82) is 0 Å². The summed E-state index contributed by atoms with van der Waals surface area (Å²) >= 11 is 5.90. The van der Waals surface area contributed by atoms with Crippen LogP contribution in [0.4, 0.5) is 5.69 Å². The number of rotatable bonds is 4. The highest BCUT2D eigenvalue weighted by Crippen LogP contribution is 2.43. The number of benzene rings is 1. The molecule has 0 spiro atoms. The van der Waals surface area contributed by atoms with Crippen LogP contribution in [-0.2, 0) is 0 Å². The van der Waals surface area contributed by atoms with Crippen LogP contribution in [0.3, 0.4) is 0 Å². The molecule has 0 aliphatic carbocycles. The minimum Gasteiger partial charge on any atom is -0.351 e. The Bertz CT molecular complexity index is 1310. The van der Waals surface area contributed by atoms with Gasteiger partial charge in [0, 0.05) is 29.5 Å². The first-order valence-electron chi connectivity index (χ1n) is 11.1. The van der Waals surface area contributed by atoms with E-state index in [9.17, 15) is 0 Å². The van der Waals surface area contributed by atoms with Crippen molar-refractivity contribution in [3.8, 4) is 5.82 Å². The molecule has 1 N–H and O–H groups in total. The van der Waals surface area contributed by atoms with Crippen molar-refractivity contribution in [1.82, 2.24) is 19.9 Å². The number of nitrogens with zero attached hydrogens (tertiary/aromatic N) is 4. The molecule has 0 radical (unpaired) electrons. The molecule has 0 saturated carbocycles. The molecule has 5 rings (SSSR count). The molecule has 166 valence electrons. The minimum atomic E-state index is -0.0713. The van der Waals surface area contributed by atoms with Gasteiger partial charge in [0.25, 0.3) is 0 Å². The van der Waals surface area contributed by atoms with Crippen LogP contribution in [-0.4, -0.2) is 19.6 Å². The molecule has 0 amide bonds. The summed E-state index contributed by atoms with van der Waals surface area (Å²) in [5.74, 6) is 0.916. The Morgan fingerprint density at radius 2 is 1.61 bits per heavy atom. The first kappa shape index (κ1) is 21.3. The largest absolute Gasteiger partial charge is 0.351 e. The lowest BCUT2D eigenvalue weighted by Crippen LogP contribution is -2.29. The molecule has 33 heavy (non-hydrogen) atoms. The van der Waals surface area contributed by atoms with E-state index in [0.717, 1.165) is 28.6 Å². The predicted molar refractivity (Wildman–Crippen MR) is 137 cm³/mol. The summed E-state index contributed by atoms with van der Waals surface area (Å²) < 4.78 is 2.21. The third-order valence-electron chi connectivity index (χ3n) is 6.53. The van der Waals surface area contributed by atoms with E-state index in [1.54, 1.807) is 0 Å². The van der Waals surface area contributed by atoms with Gasteiger partial charge in [0.1, 0.15) is 5.82 Å². The summed E-state index contributed by atoms with van der Waals surface area (Å²) in [7, 11) is 0. The Labute approximate surface area is 200 Å². The zero-order valence-corrected chi connectivity index (χ0v) is 20.1. The lowest BCUT2D eigenvalue weighted by atomic mass is 9.96. The van der Waals surface area contributed by atoms with Crippen molar-refractivity contribution in [3.63, 3.8) is 0 Å². The van der Waals surface area contributed by atoms with E-state index in [-0.39, 0.29) is 12.1 Å². The Morgan fingerprint density at radius 1 is 0.848 bits per heavy atom. The highest BCUT2D eigenvalue weighted by Gasteiger charge is 2.42. The second-order valence-electron chi connectivity index (χ2n) is 8.61.